The first-order valence-electron chi connectivity index (χ1n) is 8.41. The van der Waals surface area contributed by atoms with E-state index in [0.717, 1.165) is 64.6 Å². The van der Waals surface area contributed by atoms with Crippen molar-refractivity contribution in [3.8, 4) is 0 Å². The maximum absolute atomic E-state index is 10.3. The molecule has 1 N–H and O–H groups in total. The monoisotopic (exact) mass is 284 g/mol. The number of aliphatic hydroxyl groups excluding tert-OH is 1. The SMILES string of the molecule is CCOC1CCN(CC(O)CN2CCC(C)CC2)CC1. The van der Waals surface area contributed by atoms with Crippen LogP contribution in [0.3, 0.4) is 0 Å². The number of β-amino-alcohol motifs (C(OH)–C–C–N with tert-alkyl or cyclic N) is 1. The minimum Gasteiger partial charge on any atom is -0.390 e. The highest BCUT2D eigenvalue weighted by molar-refractivity contribution is 4.77. The quantitative estimate of drug-likeness (QED) is 0.803. The molecule has 4 nitrogen and oxygen atoms in total. The number of aliphatic hydroxyl groups is 1. The molecule has 2 heterocycles. The van der Waals surface area contributed by atoms with Gasteiger partial charge >= 0.3 is 0 Å². The molecule has 1 unspecified atom stereocenters. The van der Waals surface area contributed by atoms with E-state index in [1.165, 1.54) is 12.8 Å². The molecule has 0 amide bonds. The normalized spacial score (nSPS) is 25.9. The van der Waals surface area contributed by atoms with E-state index in [9.17, 15) is 5.11 Å². The number of likely N-dealkylation sites (tertiary alicyclic amines) is 2. The fourth-order valence-electron chi connectivity index (χ4n) is 3.39. The Balaban J connectivity index is 1.61. The molecular formula is C16H32N2O2. The van der Waals surface area contributed by atoms with E-state index < -0.39 is 0 Å². The average molecular weight is 284 g/mol. The van der Waals surface area contributed by atoms with Crippen molar-refractivity contribution in [1.29, 1.82) is 0 Å². The molecule has 2 saturated heterocycles. The number of ether oxygens (including phenoxy) is 1. The summed E-state index contributed by atoms with van der Waals surface area (Å²) in [5.74, 6) is 0.862. The highest BCUT2D eigenvalue weighted by atomic mass is 16.5. The lowest BCUT2D eigenvalue weighted by Gasteiger charge is -2.35. The summed E-state index contributed by atoms with van der Waals surface area (Å²) in [7, 11) is 0. The largest absolute Gasteiger partial charge is 0.390 e. The maximum Gasteiger partial charge on any atom is 0.0793 e. The molecule has 118 valence electrons. The van der Waals surface area contributed by atoms with Gasteiger partial charge in [0, 0.05) is 32.8 Å². The van der Waals surface area contributed by atoms with Crippen molar-refractivity contribution >= 4 is 0 Å². The van der Waals surface area contributed by atoms with Crippen LogP contribution in [-0.2, 0) is 4.74 Å². The van der Waals surface area contributed by atoms with Gasteiger partial charge in [-0.15, -0.1) is 0 Å². The smallest absolute Gasteiger partial charge is 0.0793 e. The van der Waals surface area contributed by atoms with Gasteiger partial charge in [-0.3, -0.25) is 0 Å². The molecule has 0 saturated carbocycles. The minimum absolute atomic E-state index is 0.202. The van der Waals surface area contributed by atoms with E-state index in [4.69, 9.17) is 4.74 Å². The van der Waals surface area contributed by atoms with Gasteiger partial charge in [-0.25, -0.2) is 0 Å². The van der Waals surface area contributed by atoms with Crippen molar-refractivity contribution in [3.05, 3.63) is 0 Å². The minimum atomic E-state index is -0.202. The number of rotatable bonds is 6. The van der Waals surface area contributed by atoms with Gasteiger partial charge in [0.05, 0.1) is 12.2 Å². The molecule has 0 aliphatic carbocycles. The predicted octanol–water partition coefficient (Wildman–Crippen LogP) is 1.58. The first-order chi connectivity index (χ1) is 9.67. The molecule has 0 aromatic rings. The summed E-state index contributed by atoms with van der Waals surface area (Å²) >= 11 is 0. The van der Waals surface area contributed by atoms with Crippen LogP contribution < -0.4 is 0 Å². The van der Waals surface area contributed by atoms with Gasteiger partial charge in [-0.1, -0.05) is 6.92 Å². The first kappa shape index (κ1) is 16.2. The molecule has 2 fully saturated rings. The van der Waals surface area contributed by atoms with Crippen LogP contribution in [0.15, 0.2) is 0 Å². The van der Waals surface area contributed by atoms with Crippen LogP contribution in [0.4, 0.5) is 0 Å². The van der Waals surface area contributed by atoms with Gasteiger partial charge in [0.1, 0.15) is 0 Å². The Hall–Kier alpha value is -0.160. The Morgan fingerprint density at radius 3 is 2.00 bits per heavy atom. The standard InChI is InChI=1S/C16H32N2O2/c1-3-20-16-6-10-18(11-7-16)13-15(19)12-17-8-4-14(2)5-9-17/h14-16,19H,3-13H2,1-2H3. The van der Waals surface area contributed by atoms with Crippen LogP contribution in [0.5, 0.6) is 0 Å². The summed E-state index contributed by atoms with van der Waals surface area (Å²) in [6.07, 6.45) is 5.03. The third kappa shape index (κ3) is 5.32. The topological polar surface area (TPSA) is 35.9 Å². The van der Waals surface area contributed by atoms with Gasteiger partial charge in [0.15, 0.2) is 0 Å². The molecule has 2 rings (SSSR count). The van der Waals surface area contributed by atoms with Crippen LogP contribution in [0.25, 0.3) is 0 Å². The van der Waals surface area contributed by atoms with Crippen LogP contribution in [-0.4, -0.2) is 73.0 Å². The molecule has 0 aromatic carbocycles. The second kappa shape index (κ2) is 8.32. The van der Waals surface area contributed by atoms with Crippen LogP contribution in [0, 0.1) is 5.92 Å². The van der Waals surface area contributed by atoms with Crippen molar-refractivity contribution in [1.82, 2.24) is 9.80 Å². The number of hydrogen-bond acceptors (Lipinski definition) is 4. The highest BCUT2D eigenvalue weighted by Gasteiger charge is 2.23. The van der Waals surface area contributed by atoms with E-state index >= 15 is 0 Å². The van der Waals surface area contributed by atoms with Crippen LogP contribution in [0.1, 0.15) is 39.5 Å². The third-order valence-corrected chi connectivity index (χ3v) is 4.75. The lowest BCUT2D eigenvalue weighted by molar-refractivity contribution is -0.00192. The zero-order valence-corrected chi connectivity index (χ0v) is 13.3. The van der Waals surface area contributed by atoms with Crippen molar-refractivity contribution in [2.24, 2.45) is 5.92 Å². The maximum atomic E-state index is 10.3. The second-order valence-electron chi connectivity index (χ2n) is 6.59. The van der Waals surface area contributed by atoms with Gasteiger partial charge < -0.3 is 19.6 Å². The fourth-order valence-corrected chi connectivity index (χ4v) is 3.39. The van der Waals surface area contributed by atoms with E-state index in [1.807, 2.05) is 0 Å². The molecule has 1 atom stereocenters. The van der Waals surface area contributed by atoms with E-state index in [0.29, 0.717) is 6.10 Å². The summed E-state index contributed by atoms with van der Waals surface area (Å²) in [5.41, 5.74) is 0. The summed E-state index contributed by atoms with van der Waals surface area (Å²) in [5, 5.41) is 10.3. The third-order valence-electron chi connectivity index (χ3n) is 4.75. The fraction of sp³-hybridized carbons (Fsp3) is 1.00. The molecule has 0 radical (unpaired) electrons. The molecule has 0 bridgehead atoms. The zero-order valence-electron chi connectivity index (χ0n) is 13.3. The molecule has 0 aromatic heterocycles. The number of hydrogen-bond donors (Lipinski definition) is 1. The second-order valence-corrected chi connectivity index (χ2v) is 6.59. The van der Waals surface area contributed by atoms with Crippen molar-refractivity contribution < 1.29 is 9.84 Å². The van der Waals surface area contributed by atoms with Crippen molar-refractivity contribution in [2.45, 2.75) is 51.7 Å². The molecule has 4 heteroatoms. The summed E-state index contributed by atoms with van der Waals surface area (Å²) in [4.78, 5) is 4.82. The molecule has 20 heavy (non-hydrogen) atoms. The molecule has 2 aliphatic heterocycles. The van der Waals surface area contributed by atoms with Crippen molar-refractivity contribution in [3.63, 3.8) is 0 Å². The Kier molecular flexibility index (Phi) is 6.75. The Bertz CT molecular complexity index is 259. The summed E-state index contributed by atoms with van der Waals surface area (Å²) in [6, 6.07) is 0. The Labute approximate surface area is 124 Å². The van der Waals surface area contributed by atoms with E-state index in [2.05, 4.69) is 23.6 Å². The highest BCUT2D eigenvalue weighted by Crippen LogP contribution is 2.17. The molecule has 0 spiro atoms. The molecule has 2 aliphatic rings. The van der Waals surface area contributed by atoms with Gasteiger partial charge in [0.25, 0.3) is 0 Å². The van der Waals surface area contributed by atoms with Gasteiger partial charge in [0.2, 0.25) is 0 Å². The number of piperidine rings is 2. The Morgan fingerprint density at radius 2 is 1.50 bits per heavy atom. The zero-order chi connectivity index (χ0) is 14.4. The van der Waals surface area contributed by atoms with E-state index in [1.54, 1.807) is 0 Å². The molecular weight excluding hydrogens is 252 g/mol. The Morgan fingerprint density at radius 1 is 1.00 bits per heavy atom. The summed E-state index contributed by atoms with van der Waals surface area (Å²) < 4.78 is 5.67. The van der Waals surface area contributed by atoms with Crippen molar-refractivity contribution in [2.75, 3.05) is 45.9 Å². The van der Waals surface area contributed by atoms with Gasteiger partial charge in [-0.2, -0.15) is 0 Å². The number of nitrogens with zero attached hydrogens (tertiary/aromatic N) is 2. The van der Waals surface area contributed by atoms with Crippen LogP contribution >= 0.6 is 0 Å². The average Bonchev–Trinajstić information content (AvgIpc) is 2.44. The predicted molar refractivity (Wildman–Crippen MR) is 81.9 cm³/mol. The summed E-state index contributed by atoms with van der Waals surface area (Å²) in [6.45, 7) is 11.3. The lowest BCUT2D eigenvalue weighted by atomic mass is 9.99. The first-order valence-corrected chi connectivity index (χ1v) is 8.41. The van der Waals surface area contributed by atoms with Gasteiger partial charge in [-0.05, 0) is 51.6 Å². The van der Waals surface area contributed by atoms with Crippen LogP contribution in [0.2, 0.25) is 0 Å². The lowest BCUT2D eigenvalue weighted by Crippen LogP contribution is -2.45. The van der Waals surface area contributed by atoms with E-state index in [-0.39, 0.29) is 6.10 Å².